The number of halogens is 2. The summed E-state index contributed by atoms with van der Waals surface area (Å²) in [7, 11) is -0.873. The van der Waals surface area contributed by atoms with Crippen molar-refractivity contribution >= 4 is 74.6 Å². The number of hydrogen-bond acceptors (Lipinski definition) is 6. The molecule has 11 heteroatoms. The Kier molecular flexibility index (Phi) is 10.8. The number of nitrogens with one attached hydrogen (secondary N) is 1. The molecule has 0 spiro atoms. The van der Waals surface area contributed by atoms with Gasteiger partial charge in [0, 0.05) is 32.9 Å². The van der Waals surface area contributed by atoms with Crippen molar-refractivity contribution in [3.63, 3.8) is 0 Å². The number of carbonyl (C=O) groups excluding carboxylic acids is 1. The maximum Gasteiger partial charge on any atom is 0.306 e. The number of sulfonamides is 1. The zero-order valence-electron chi connectivity index (χ0n) is 24.6. The van der Waals surface area contributed by atoms with E-state index in [4.69, 9.17) is 22.3 Å². The van der Waals surface area contributed by atoms with E-state index in [0.29, 0.717) is 27.0 Å². The van der Waals surface area contributed by atoms with Crippen LogP contribution in [0.25, 0.3) is 21.5 Å². The van der Waals surface area contributed by atoms with Crippen molar-refractivity contribution in [2.75, 3.05) is 11.8 Å². The van der Waals surface area contributed by atoms with Gasteiger partial charge in [-0.1, -0.05) is 84.1 Å². The van der Waals surface area contributed by atoms with Gasteiger partial charge in [0.05, 0.1) is 34.6 Å². The van der Waals surface area contributed by atoms with E-state index in [1.807, 2.05) is 38.1 Å². The summed E-state index contributed by atoms with van der Waals surface area (Å²) in [6.45, 7) is 3.88. The predicted molar refractivity (Wildman–Crippen MR) is 181 cm³/mol. The average molecular weight is 683 g/mol. The Bertz CT molecular complexity index is 2190. The van der Waals surface area contributed by atoms with E-state index < -0.39 is 19.1 Å². The average Bonchev–Trinajstić information content (AvgIpc) is 3.00. The molecule has 0 aliphatic rings. The summed E-state index contributed by atoms with van der Waals surface area (Å²) in [5.74, 6) is 5.38. The third kappa shape index (κ3) is 8.35. The molecule has 5 aromatic rings. The summed E-state index contributed by atoms with van der Waals surface area (Å²) in [4.78, 5) is 11.6. The Morgan fingerprint density at radius 1 is 0.778 bits per heavy atom. The van der Waals surface area contributed by atoms with Crippen molar-refractivity contribution < 1.29 is 26.4 Å². The second-order valence-electron chi connectivity index (χ2n) is 9.96. The molecule has 0 radical (unpaired) electrons. The lowest BCUT2D eigenvalue weighted by Gasteiger charge is -2.13. The lowest BCUT2D eigenvalue weighted by atomic mass is 10.1. The number of fused-ring (bicyclic) bond motifs is 2. The highest BCUT2D eigenvalue weighted by molar-refractivity contribution is 8.14. The molecular formula is C34H29Cl2NO6S2. The van der Waals surface area contributed by atoms with Gasteiger partial charge in [-0.05, 0) is 66.1 Å². The van der Waals surface area contributed by atoms with Gasteiger partial charge in [-0.25, -0.2) is 16.8 Å². The van der Waals surface area contributed by atoms with Crippen LogP contribution in [0.5, 0.6) is 0 Å². The summed E-state index contributed by atoms with van der Waals surface area (Å²) in [6, 6.07) is 26.1. The highest BCUT2D eigenvalue weighted by Gasteiger charge is 2.19. The second kappa shape index (κ2) is 14.4. The molecule has 0 heterocycles. The summed E-state index contributed by atoms with van der Waals surface area (Å²) in [5, 5.41) is 3.53. The SMILES string of the molecule is COC(=O)CCC#Cc1cc(Cl)ccc1NS(=O)(=O)c1ccc(C)c2ccccc12.Cc1ccc(S(=O)(=O)Cl)c2ccccc12. The molecule has 0 unspecified atom stereocenters. The third-order valence-electron chi connectivity index (χ3n) is 6.89. The van der Waals surface area contributed by atoms with Gasteiger partial charge in [-0.15, -0.1) is 0 Å². The van der Waals surface area contributed by atoms with Gasteiger partial charge in [0.15, 0.2) is 0 Å². The molecular weight excluding hydrogens is 653 g/mol. The van der Waals surface area contributed by atoms with Gasteiger partial charge in [0.2, 0.25) is 0 Å². The smallest absolute Gasteiger partial charge is 0.306 e. The second-order valence-corrected chi connectivity index (χ2v) is 14.6. The van der Waals surface area contributed by atoms with E-state index in [0.717, 1.165) is 21.9 Å². The molecule has 0 aliphatic heterocycles. The molecule has 0 atom stereocenters. The standard InChI is InChI=1S/C23H20ClNO4S.C11H9ClO2S/c1-16-11-14-22(20-9-5-4-8-19(16)20)30(27,28)25-21-13-12-18(24)15-17(21)7-3-6-10-23(26)29-2;1-8-6-7-11(15(12,13)14)10-5-3-2-4-9(8)10/h4-5,8-9,11-15,25H,6,10H2,1-2H3;2-7H,1H3. The van der Waals surface area contributed by atoms with E-state index >= 15 is 0 Å². The Morgan fingerprint density at radius 2 is 1.31 bits per heavy atom. The molecule has 7 nitrogen and oxygen atoms in total. The number of hydrogen-bond donors (Lipinski definition) is 1. The topological polar surface area (TPSA) is 107 Å². The van der Waals surface area contributed by atoms with Crippen LogP contribution in [0.1, 0.15) is 29.5 Å². The van der Waals surface area contributed by atoms with E-state index in [-0.39, 0.29) is 28.6 Å². The summed E-state index contributed by atoms with van der Waals surface area (Å²) < 4.78 is 56.2. The molecule has 45 heavy (non-hydrogen) atoms. The van der Waals surface area contributed by atoms with Crippen molar-refractivity contribution in [1.82, 2.24) is 0 Å². The largest absolute Gasteiger partial charge is 0.469 e. The van der Waals surface area contributed by atoms with Crippen molar-refractivity contribution in [3.8, 4) is 11.8 Å². The van der Waals surface area contributed by atoms with Crippen LogP contribution >= 0.6 is 22.3 Å². The molecule has 0 aromatic heterocycles. The van der Waals surface area contributed by atoms with Crippen molar-refractivity contribution in [3.05, 3.63) is 113 Å². The first-order chi connectivity index (χ1) is 21.3. The van der Waals surface area contributed by atoms with Crippen molar-refractivity contribution in [1.29, 1.82) is 0 Å². The lowest BCUT2D eigenvalue weighted by molar-refractivity contribution is -0.140. The van der Waals surface area contributed by atoms with Gasteiger partial charge in [0.1, 0.15) is 0 Å². The number of anilines is 1. The number of ether oxygens (including phenoxy) is 1. The fourth-order valence-electron chi connectivity index (χ4n) is 4.62. The molecule has 0 bridgehead atoms. The maximum absolute atomic E-state index is 13.2. The summed E-state index contributed by atoms with van der Waals surface area (Å²) in [6.07, 6.45) is 0.439. The minimum atomic E-state index is -3.88. The number of esters is 1. The maximum atomic E-state index is 13.2. The first-order valence-corrected chi connectivity index (χ1v) is 17.8. The normalized spacial score (nSPS) is 11.2. The first-order valence-electron chi connectivity index (χ1n) is 13.6. The van der Waals surface area contributed by atoms with Crippen molar-refractivity contribution in [2.45, 2.75) is 36.5 Å². The van der Waals surface area contributed by atoms with Crippen LogP contribution in [0.3, 0.4) is 0 Å². The molecule has 0 fully saturated rings. The minimum absolute atomic E-state index is 0.153. The third-order valence-corrected chi connectivity index (χ3v) is 9.93. The van der Waals surface area contributed by atoms with Crippen LogP contribution in [0.4, 0.5) is 5.69 Å². The van der Waals surface area contributed by atoms with Crippen molar-refractivity contribution in [2.24, 2.45) is 0 Å². The number of rotatable bonds is 6. The number of aryl methyl sites for hydroxylation is 2. The number of carbonyl (C=O) groups is 1. The Balaban J connectivity index is 0.000000256. The van der Waals surface area contributed by atoms with Gasteiger partial charge in [0.25, 0.3) is 19.1 Å². The number of methoxy groups -OCH3 is 1. The molecule has 0 saturated heterocycles. The summed E-state index contributed by atoms with van der Waals surface area (Å²) in [5.41, 5.74) is 2.77. The minimum Gasteiger partial charge on any atom is -0.469 e. The van der Waals surface area contributed by atoms with Crippen LogP contribution in [-0.2, 0) is 28.6 Å². The van der Waals surface area contributed by atoms with Gasteiger partial charge >= 0.3 is 5.97 Å². The fraction of sp³-hybridized carbons (Fsp3) is 0.147. The van der Waals surface area contributed by atoms with E-state index in [9.17, 15) is 21.6 Å². The quantitative estimate of drug-likeness (QED) is 0.111. The van der Waals surface area contributed by atoms with E-state index in [1.165, 1.54) is 7.11 Å². The molecule has 0 amide bonds. The van der Waals surface area contributed by atoms with Crippen LogP contribution in [-0.4, -0.2) is 29.9 Å². The first kappa shape index (κ1) is 33.8. The highest BCUT2D eigenvalue weighted by Crippen LogP contribution is 2.30. The van der Waals surface area contributed by atoms with Crippen LogP contribution in [0.2, 0.25) is 5.02 Å². The van der Waals surface area contributed by atoms with Crippen LogP contribution < -0.4 is 4.72 Å². The Labute approximate surface area is 272 Å². The fourth-order valence-corrected chi connectivity index (χ4v) is 7.16. The Morgan fingerprint density at radius 3 is 1.87 bits per heavy atom. The van der Waals surface area contributed by atoms with Crippen LogP contribution in [0, 0.1) is 25.7 Å². The monoisotopic (exact) mass is 681 g/mol. The van der Waals surface area contributed by atoms with E-state index in [1.54, 1.807) is 66.7 Å². The highest BCUT2D eigenvalue weighted by atomic mass is 35.7. The molecule has 232 valence electrons. The Hall–Kier alpha value is -4.07. The predicted octanol–water partition coefficient (Wildman–Crippen LogP) is 7.98. The molecule has 5 aromatic carbocycles. The van der Waals surface area contributed by atoms with Gasteiger partial charge < -0.3 is 4.74 Å². The molecule has 0 aliphatic carbocycles. The van der Waals surface area contributed by atoms with Crippen LogP contribution in [0.15, 0.2) is 101 Å². The zero-order valence-corrected chi connectivity index (χ0v) is 27.7. The summed E-state index contributed by atoms with van der Waals surface area (Å²) >= 11 is 6.07. The lowest BCUT2D eigenvalue weighted by Crippen LogP contribution is -2.14. The van der Waals surface area contributed by atoms with E-state index in [2.05, 4.69) is 21.3 Å². The molecule has 0 saturated carbocycles. The molecule has 5 rings (SSSR count). The zero-order chi connectivity index (χ0) is 32.8. The molecule has 1 N–H and O–H groups in total. The van der Waals surface area contributed by atoms with Gasteiger partial charge in [-0.2, -0.15) is 0 Å². The van der Waals surface area contributed by atoms with Gasteiger partial charge in [-0.3, -0.25) is 9.52 Å². The number of benzene rings is 5.